The maximum Gasteiger partial charge on any atom is 0.178 e. The Hall–Kier alpha value is -2.07. The molecule has 94 valence electrons. The van der Waals surface area contributed by atoms with Crippen molar-refractivity contribution in [2.24, 2.45) is 0 Å². The van der Waals surface area contributed by atoms with Crippen LogP contribution in [0.2, 0.25) is 0 Å². The Balaban J connectivity index is 1.62. The molecule has 0 saturated heterocycles. The van der Waals surface area contributed by atoms with Gasteiger partial charge in [0.1, 0.15) is 0 Å². The van der Waals surface area contributed by atoms with Crippen LogP contribution in [-0.4, -0.2) is 20.7 Å². The molecule has 0 bridgehead atoms. The van der Waals surface area contributed by atoms with E-state index in [1.54, 1.807) is 18.0 Å². The van der Waals surface area contributed by atoms with Crippen molar-refractivity contribution in [1.82, 2.24) is 15.0 Å². The molecule has 0 spiro atoms. The van der Waals surface area contributed by atoms with E-state index < -0.39 is 0 Å². The summed E-state index contributed by atoms with van der Waals surface area (Å²) in [5.41, 5.74) is 2.98. The Morgan fingerprint density at radius 2 is 2.00 bits per heavy atom. The lowest BCUT2D eigenvalue weighted by Crippen LogP contribution is -1.77. The van der Waals surface area contributed by atoms with Crippen LogP contribution in [0.4, 0.5) is 0 Å². The van der Waals surface area contributed by atoms with Crippen molar-refractivity contribution in [3.8, 4) is 0 Å². The third-order valence-electron chi connectivity index (χ3n) is 2.66. The van der Waals surface area contributed by atoms with E-state index in [9.17, 15) is 0 Å². The summed E-state index contributed by atoms with van der Waals surface area (Å²) < 4.78 is 0. The van der Waals surface area contributed by atoms with Crippen molar-refractivity contribution < 1.29 is 0 Å². The van der Waals surface area contributed by atoms with Gasteiger partial charge < -0.3 is 4.98 Å². The lowest BCUT2D eigenvalue weighted by atomic mass is 10.2. The molecule has 0 aliphatic carbocycles. The van der Waals surface area contributed by atoms with Gasteiger partial charge in [-0.15, -0.1) is 0 Å². The maximum atomic E-state index is 4.42. The summed E-state index contributed by atoms with van der Waals surface area (Å²) in [6.45, 7) is 0. The quantitative estimate of drug-likeness (QED) is 0.732. The van der Waals surface area contributed by atoms with E-state index in [-0.39, 0.29) is 0 Å². The first-order valence-electron chi connectivity index (χ1n) is 6.07. The molecular weight excluding hydrogens is 254 g/mol. The molecule has 0 radical (unpaired) electrons. The van der Waals surface area contributed by atoms with Crippen molar-refractivity contribution in [3.05, 3.63) is 60.3 Å². The molecule has 0 aliphatic rings. The Labute approximate surface area is 115 Å². The second kappa shape index (κ2) is 5.71. The van der Waals surface area contributed by atoms with E-state index in [0.29, 0.717) is 0 Å². The van der Waals surface area contributed by atoms with Crippen LogP contribution < -0.4 is 0 Å². The summed E-state index contributed by atoms with van der Waals surface area (Å²) in [7, 11) is 0. The average Bonchev–Trinajstić information content (AvgIpc) is 2.87. The number of hydrogen-bond acceptors (Lipinski definition) is 3. The minimum atomic E-state index is 0.775. The zero-order chi connectivity index (χ0) is 12.9. The molecule has 2 aromatic heterocycles. The molecule has 0 unspecified atom stereocenters. The second-order valence-electron chi connectivity index (χ2n) is 4.04. The summed E-state index contributed by atoms with van der Waals surface area (Å²) in [6, 6.07) is 14.2. The van der Waals surface area contributed by atoms with Gasteiger partial charge in [0.05, 0.1) is 5.52 Å². The topological polar surface area (TPSA) is 41.6 Å². The van der Waals surface area contributed by atoms with Crippen molar-refractivity contribution in [3.63, 3.8) is 0 Å². The van der Waals surface area contributed by atoms with E-state index in [4.69, 9.17) is 0 Å². The monoisotopic (exact) mass is 267 g/mol. The molecule has 0 aliphatic heterocycles. The van der Waals surface area contributed by atoms with Crippen molar-refractivity contribution in [2.45, 2.75) is 5.16 Å². The van der Waals surface area contributed by atoms with E-state index in [2.05, 4.69) is 39.2 Å². The molecule has 0 atom stereocenters. The first kappa shape index (κ1) is 12.0. The Morgan fingerprint density at radius 3 is 2.84 bits per heavy atom. The normalized spacial score (nSPS) is 11.4. The van der Waals surface area contributed by atoms with Crippen LogP contribution in [0.15, 0.2) is 59.9 Å². The average molecular weight is 267 g/mol. The smallest absolute Gasteiger partial charge is 0.178 e. The summed E-state index contributed by atoms with van der Waals surface area (Å²) >= 11 is 1.67. The fourth-order valence-electron chi connectivity index (χ4n) is 1.77. The third kappa shape index (κ3) is 3.03. The fraction of sp³-hybridized carbons (Fsp3) is 0.0667. The number of nitrogens with zero attached hydrogens (tertiary/aromatic N) is 2. The second-order valence-corrected chi connectivity index (χ2v) is 5.05. The molecule has 0 saturated carbocycles. The Morgan fingerprint density at radius 1 is 1.11 bits per heavy atom. The minimum absolute atomic E-state index is 0.775. The molecule has 4 heteroatoms. The number of pyridine rings is 1. The Bertz CT molecular complexity index is 656. The van der Waals surface area contributed by atoms with Crippen molar-refractivity contribution in [1.29, 1.82) is 0 Å². The Kier molecular flexibility index (Phi) is 3.61. The van der Waals surface area contributed by atoms with Gasteiger partial charge in [0.2, 0.25) is 0 Å². The first-order chi connectivity index (χ1) is 9.42. The van der Waals surface area contributed by atoms with Crippen LogP contribution in [0, 0.1) is 0 Å². The van der Waals surface area contributed by atoms with Crippen LogP contribution in [0.5, 0.6) is 0 Å². The SMILES string of the molecule is C(=Cc1ccccc1)CSc1nc2ncccc2[nH]1. The summed E-state index contributed by atoms with van der Waals surface area (Å²) in [5.74, 6) is 0.884. The van der Waals surface area contributed by atoms with E-state index in [1.807, 2.05) is 30.3 Å². The predicted octanol–water partition coefficient (Wildman–Crippen LogP) is 3.76. The van der Waals surface area contributed by atoms with Crippen molar-refractivity contribution >= 4 is 29.0 Å². The highest BCUT2D eigenvalue weighted by atomic mass is 32.2. The molecule has 3 nitrogen and oxygen atoms in total. The van der Waals surface area contributed by atoms with Gasteiger partial charge in [0, 0.05) is 11.9 Å². The van der Waals surface area contributed by atoms with Gasteiger partial charge in [-0.25, -0.2) is 9.97 Å². The molecule has 0 amide bonds. The van der Waals surface area contributed by atoms with Crippen LogP contribution in [-0.2, 0) is 0 Å². The summed E-state index contributed by atoms with van der Waals surface area (Å²) in [4.78, 5) is 11.9. The summed E-state index contributed by atoms with van der Waals surface area (Å²) in [6.07, 6.45) is 6.02. The minimum Gasteiger partial charge on any atom is -0.332 e. The van der Waals surface area contributed by atoms with Gasteiger partial charge in [-0.2, -0.15) is 0 Å². The number of benzene rings is 1. The van der Waals surface area contributed by atoms with Crippen LogP contribution >= 0.6 is 11.8 Å². The van der Waals surface area contributed by atoms with E-state index in [0.717, 1.165) is 22.1 Å². The van der Waals surface area contributed by atoms with Crippen LogP contribution in [0.3, 0.4) is 0 Å². The van der Waals surface area contributed by atoms with Gasteiger partial charge in [0.15, 0.2) is 10.8 Å². The first-order valence-corrected chi connectivity index (χ1v) is 7.05. The lowest BCUT2D eigenvalue weighted by Gasteiger charge is -1.92. The van der Waals surface area contributed by atoms with E-state index >= 15 is 0 Å². The fourth-order valence-corrected chi connectivity index (χ4v) is 2.45. The highest BCUT2D eigenvalue weighted by Gasteiger charge is 2.01. The van der Waals surface area contributed by atoms with Crippen LogP contribution in [0.25, 0.3) is 17.2 Å². The molecule has 3 rings (SSSR count). The van der Waals surface area contributed by atoms with Crippen molar-refractivity contribution in [2.75, 3.05) is 5.75 Å². The number of fused-ring (bicyclic) bond motifs is 1. The number of thioether (sulfide) groups is 1. The van der Waals surface area contributed by atoms with Gasteiger partial charge >= 0.3 is 0 Å². The number of rotatable bonds is 4. The molecule has 1 N–H and O–H groups in total. The van der Waals surface area contributed by atoms with Gasteiger partial charge in [-0.05, 0) is 17.7 Å². The molecule has 2 heterocycles. The molecule has 0 fully saturated rings. The third-order valence-corrected chi connectivity index (χ3v) is 3.49. The largest absolute Gasteiger partial charge is 0.332 e. The number of hydrogen-bond donors (Lipinski definition) is 1. The number of H-pyrrole nitrogens is 1. The predicted molar refractivity (Wildman–Crippen MR) is 80.1 cm³/mol. The van der Waals surface area contributed by atoms with E-state index in [1.165, 1.54) is 5.56 Å². The van der Waals surface area contributed by atoms with Gasteiger partial charge in [-0.3, -0.25) is 0 Å². The number of aromatic nitrogens is 3. The lowest BCUT2D eigenvalue weighted by molar-refractivity contribution is 1.08. The number of aromatic amines is 1. The highest BCUT2D eigenvalue weighted by molar-refractivity contribution is 7.99. The molecular formula is C15H13N3S. The maximum absolute atomic E-state index is 4.42. The van der Waals surface area contributed by atoms with Gasteiger partial charge in [0.25, 0.3) is 0 Å². The molecule has 3 aromatic rings. The van der Waals surface area contributed by atoms with Gasteiger partial charge in [-0.1, -0.05) is 54.2 Å². The van der Waals surface area contributed by atoms with Crippen LogP contribution in [0.1, 0.15) is 5.56 Å². The standard InChI is InChI=1S/C15H13N3S/c1-2-6-12(7-3-1)8-5-11-19-15-17-13-9-4-10-16-14(13)18-15/h1-10H,11H2,(H,16,17,18). The zero-order valence-electron chi connectivity index (χ0n) is 10.3. The summed E-state index contributed by atoms with van der Waals surface area (Å²) in [5, 5.41) is 0.909. The zero-order valence-corrected chi connectivity index (χ0v) is 11.1. The highest BCUT2D eigenvalue weighted by Crippen LogP contribution is 2.18. The molecule has 19 heavy (non-hydrogen) atoms. The number of imidazole rings is 1. The molecule has 1 aromatic carbocycles. The number of nitrogens with one attached hydrogen (secondary N) is 1.